The summed E-state index contributed by atoms with van der Waals surface area (Å²) in [4.78, 5) is 4.58. The van der Waals surface area contributed by atoms with Crippen molar-refractivity contribution < 1.29 is 19.3 Å². The molecule has 1 aromatic rings. The fourth-order valence-electron chi connectivity index (χ4n) is 3.09. The number of nitrogens with zero attached hydrogens (tertiary/aromatic N) is 2. The molecule has 1 aliphatic heterocycles. The highest BCUT2D eigenvalue weighted by atomic mass is 16.5. The third-order valence-corrected chi connectivity index (χ3v) is 5.16. The van der Waals surface area contributed by atoms with Crippen LogP contribution in [0.3, 0.4) is 0 Å². The molecule has 1 fully saturated rings. The number of nitrogens with one attached hydrogen (secondary N) is 1. The Morgan fingerprint density at radius 3 is 2.50 bits per heavy atom. The molecule has 1 aromatic carbocycles. The van der Waals surface area contributed by atoms with Crippen molar-refractivity contribution in [1.29, 1.82) is 0 Å². The SMILES string of the molecule is COc1ccc(CNCC(C)(C)OC)cc1OC[C@@H](O)CN1CCN(C)CC1. The van der Waals surface area contributed by atoms with Gasteiger partial charge < -0.3 is 29.5 Å². The van der Waals surface area contributed by atoms with E-state index in [2.05, 4.69) is 22.2 Å². The molecule has 0 radical (unpaired) electrons. The molecule has 7 nitrogen and oxygen atoms in total. The Kier molecular flexibility index (Phi) is 8.98. The molecule has 7 heteroatoms. The van der Waals surface area contributed by atoms with Crippen molar-refractivity contribution in [3.63, 3.8) is 0 Å². The average molecular weight is 396 g/mol. The maximum Gasteiger partial charge on any atom is 0.161 e. The predicted octanol–water partition coefficient (Wildman–Crippen LogP) is 1.20. The van der Waals surface area contributed by atoms with Gasteiger partial charge in [0.2, 0.25) is 0 Å². The van der Waals surface area contributed by atoms with Crippen LogP contribution in [0, 0.1) is 0 Å². The molecule has 0 aliphatic carbocycles. The zero-order valence-corrected chi connectivity index (χ0v) is 18.0. The zero-order chi connectivity index (χ0) is 20.6. The number of rotatable bonds is 11. The van der Waals surface area contributed by atoms with Gasteiger partial charge in [0.1, 0.15) is 12.7 Å². The van der Waals surface area contributed by atoms with Crippen LogP contribution in [0.5, 0.6) is 11.5 Å². The van der Waals surface area contributed by atoms with Crippen LogP contribution in [-0.2, 0) is 11.3 Å². The molecule has 1 saturated heterocycles. The first-order chi connectivity index (χ1) is 13.3. The summed E-state index contributed by atoms with van der Waals surface area (Å²) in [5, 5.41) is 13.8. The first kappa shape index (κ1) is 22.9. The molecule has 1 heterocycles. The topological polar surface area (TPSA) is 66.4 Å². The summed E-state index contributed by atoms with van der Waals surface area (Å²) >= 11 is 0. The fourth-order valence-corrected chi connectivity index (χ4v) is 3.09. The van der Waals surface area contributed by atoms with E-state index in [1.807, 2.05) is 32.0 Å². The largest absolute Gasteiger partial charge is 0.493 e. The molecule has 1 atom stereocenters. The Morgan fingerprint density at radius 1 is 1.14 bits per heavy atom. The maximum atomic E-state index is 10.4. The van der Waals surface area contributed by atoms with Gasteiger partial charge in [0, 0.05) is 52.9 Å². The summed E-state index contributed by atoms with van der Waals surface area (Å²) in [6.07, 6.45) is -0.530. The Morgan fingerprint density at radius 2 is 1.86 bits per heavy atom. The molecule has 0 saturated carbocycles. The second-order valence-corrected chi connectivity index (χ2v) is 8.12. The molecular formula is C21H37N3O4. The van der Waals surface area contributed by atoms with Crippen molar-refractivity contribution >= 4 is 0 Å². The van der Waals surface area contributed by atoms with Crippen LogP contribution in [0.2, 0.25) is 0 Å². The van der Waals surface area contributed by atoms with Gasteiger partial charge in [0.15, 0.2) is 11.5 Å². The standard InChI is InChI=1S/C21H37N3O4/c1-21(2,27-5)16-22-13-17-6-7-19(26-4)20(12-17)28-15-18(25)14-24-10-8-23(3)9-11-24/h6-7,12,18,22,25H,8-11,13-16H2,1-5H3/t18-/m0/s1. The number of methoxy groups -OCH3 is 2. The third-order valence-electron chi connectivity index (χ3n) is 5.16. The first-order valence-corrected chi connectivity index (χ1v) is 9.97. The molecule has 0 bridgehead atoms. The highest BCUT2D eigenvalue weighted by molar-refractivity contribution is 5.43. The van der Waals surface area contributed by atoms with Crippen molar-refractivity contribution in [1.82, 2.24) is 15.1 Å². The Bertz CT molecular complexity index is 589. The van der Waals surface area contributed by atoms with Gasteiger partial charge in [-0.2, -0.15) is 0 Å². The van der Waals surface area contributed by atoms with Gasteiger partial charge in [-0.3, -0.25) is 4.90 Å². The van der Waals surface area contributed by atoms with Crippen molar-refractivity contribution in [2.24, 2.45) is 0 Å². The fraction of sp³-hybridized carbons (Fsp3) is 0.714. The molecule has 0 spiro atoms. The molecule has 2 rings (SSSR count). The van der Waals surface area contributed by atoms with E-state index in [0.717, 1.165) is 38.3 Å². The molecule has 160 valence electrons. The number of benzene rings is 1. The summed E-state index contributed by atoms with van der Waals surface area (Å²) in [7, 11) is 5.47. The lowest BCUT2D eigenvalue weighted by atomic mass is 10.1. The minimum Gasteiger partial charge on any atom is -0.493 e. The van der Waals surface area contributed by atoms with Crippen molar-refractivity contribution in [2.45, 2.75) is 32.1 Å². The zero-order valence-electron chi connectivity index (χ0n) is 18.0. The Hall–Kier alpha value is -1.38. The summed E-state index contributed by atoms with van der Waals surface area (Å²) in [5.74, 6) is 1.33. The number of β-amino-alcohol motifs (C(OH)–C–C–N with tert-alkyl or cyclic N) is 1. The summed E-state index contributed by atoms with van der Waals surface area (Å²) < 4.78 is 16.7. The van der Waals surface area contributed by atoms with Gasteiger partial charge in [-0.05, 0) is 38.6 Å². The molecule has 0 amide bonds. The smallest absolute Gasteiger partial charge is 0.161 e. The van der Waals surface area contributed by atoms with E-state index >= 15 is 0 Å². The number of aliphatic hydroxyl groups excluding tert-OH is 1. The van der Waals surface area contributed by atoms with Crippen LogP contribution in [0.25, 0.3) is 0 Å². The van der Waals surface area contributed by atoms with Gasteiger partial charge in [0.05, 0.1) is 12.7 Å². The van der Waals surface area contributed by atoms with E-state index < -0.39 is 6.10 Å². The van der Waals surface area contributed by atoms with Crippen LogP contribution in [0.1, 0.15) is 19.4 Å². The lowest BCUT2D eigenvalue weighted by Gasteiger charge is -2.33. The number of piperazine rings is 1. The first-order valence-electron chi connectivity index (χ1n) is 9.97. The van der Waals surface area contributed by atoms with Gasteiger partial charge >= 0.3 is 0 Å². The Labute approximate surface area is 169 Å². The second kappa shape index (κ2) is 11.0. The van der Waals surface area contributed by atoms with E-state index in [0.29, 0.717) is 24.6 Å². The number of aliphatic hydroxyl groups is 1. The number of hydrogen-bond donors (Lipinski definition) is 2. The van der Waals surface area contributed by atoms with E-state index in [1.165, 1.54) is 0 Å². The molecule has 28 heavy (non-hydrogen) atoms. The van der Waals surface area contributed by atoms with Gasteiger partial charge in [0.25, 0.3) is 0 Å². The van der Waals surface area contributed by atoms with E-state index in [4.69, 9.17) is 14.2 Å². The second-order valence-electron chi connectivity index (χ2n) is 8.12. The van der Waals surface area contributed by atoms with Gasteiger partial charge in [-0.15, -0.1) is 0 Å². The lowest BCUT2D eigenvalue weighted by Crippen LogP contribution is -2.47. The highest BCUT2D eigenvalue weighted by Gasteiger charge is 2.18. The van der Waals surface area contributed by atoms with Crippen LogP contribution in [0.15, 0.2) is 18.2 Å². The summed E-state index contributed by atoms with van der Waals surface area (Å²) in [5.41, 5.74) is 0.885. The van der Waals surface area contributed by atoms with E-state index in [1.54, 1.807) is 14.2 Å². The van der Waals surface area contributed by atoms with Crippen molar-refractivity contribution in [3.05, 3.63) is 23.8 Å². The monoisotopic (exact) mass is 395 g/mol. The lowest BCUT2D eigenvalue weighted by molar-refractivity contribution is 0.0230. The highest BCUT2D eigenvalue weighted by Crippen LogP contribution is 2.28. The van der Waals surface area contributed by atoms with Gasteiger partial charge in [-0.25, -0.2) is 0 Å². The molecule has 2 N–H and O–H groups in total. The number of likely N-dealkylation sites (N-methyl/N-ethyl adjacent to an activating group) is 1. The summed E-state index contributed by atoms with van der Waals surface area (Å²) in [6, 6.07) is 5.88. The Balaban J connectivity index is 1.85. The molecule has 1 aliphatic rings. The van der Waals surface area contributed by atoms with Gasteiger partial charge in [-0.1, -0.05) is 6.07 Å². The third kappa shape index (κ3) is 7.56. The molecule has 0 aromatic heterocycles. The minimum atomic E-state index is -0.530. The molecular weight excluding hydrogens is 358 g/mol. The predicted molar refractivity (Wildman–Crippen MR) is 111 cm³/mol. The van der Waals surface area contributed by atoms with Crippen LogP contribution in [-0.4, -0.2) is 93.8 Å². The van der Waals surface area contributed by atoms with Crippen LogP contribution in [0.4, 0.5) is 0 Å². The van der Waals surface area contributed by atoms with Crippen LogP contribution < -0.4 is 14.8 Å². The summed E-state index contributed by atoms with van der Waals surface area (Å²) in [6.45, 7) is 10.5. The van der Waals surface area contributed by atoms with Crippen molar-refractivity contribution in [3.8, 4) is 11.5 Å². The number of hydrogen-bond acceptors (Lipinski definition) is 7. The van der Waals surface area contributed by atoms with Crippen molar-refractivity contribution in [2.75, 3.05) is 67.1 Å². The number of ether oxygens (including phenoxy) is 3. The van der Waals surface area contributed by atoms with Crippen LogP contribution >= 0.6 is 0 Å². The normalized spacial score (nSPS) is 17.5. The maximum absolute atomic E-state index is 10.4. The van der Waals surface area contributed by atoms with E-state index in [-0.39, 0.29) is 12.2 Å². The van der Waals surface area contributed by atoms with E-state index in [9.17, 15) is 5.11 Å². The quantitative estimate of drug-likeness (QED) is 0.584. The average Bonchev–Trinajstić information content (AvgIpc) is 2.68. The molecule has 0 unspecified atom stereocenters. The minimum absolute atomic E-state index is 0.209.